The zero-order chi connectivity index (χ0) is 34.1. The van der Waals surface area contributed by atoms with Crippen molar-refractivity contribution < 1.29 is 0 Å². The Bertz CT molecular complexity index is 1960. The number of nitrogens with zero attached hydrogens (tertiary/aromatic N) is 2. The van der Waals surface area contributed by atoms with Crippen LogP contribution in [0, 0.1) is 0 Å². The molecule has 0 N–H and O–H groups in total. The normalized spacial score (nSPS) is 11.2. The van der Waals surface area contributed by atoms with Crippen LogP contribution in [0.15, 0.2) is 191 Å². The Morgan fingerprint density at radius 3 is 0.840 bits per heavy atom. The van der Waals surface area contributed by atoms with Crippen molar-refractivity contribution in [3.63, 3.8) is 0 Å². The summed E-state index contributed by atoms with van der Waals surface area (Å²) in [6.45, 7) is 0. The smallest absolute Gasteiger partial charge is 0.0462 e. The molecule has 0 aliphatic rings. The molecule has 0 saturated carbocycles. The van der Waals surface area contributed by atoms with Crippen molar-refractivity contribution in [3.05, 3.63) is 213 Å². The molecular weight excluding hydrogens is 740 g/mol. The van der Waals surface area contributed by atoms with Gasteiger partial charge in [-0.1, -0.05) is 153 Å². The Balaban J connectivity index is 1.06. The predicted octanol–water partition coefficient (Wildman–Crippen LogP) is 14.5. The van der Waals surface area contributed by atoms with Crippen molar-refractivity contribution >= 4 is 90.3 Å². The van der Waals surface area contributed by atoms with Crippen molar-refractivity contribution in [2.24, 2.45) is 0 Å². The van der Waals surface area contributed by atoms with Crippen LogP contribution in [-0.4, -0.2) is 0 Å². The summed E-state index contributed by atoms with van der Waals surface area (Å²) < 4.78 is 2.06. The molecule has 0 amide bonds. The maximum atomic E-state index is 3.82. The summed E-state index contributed by atoms with van der Waals surface area (Å²) in [5.74, 6) is 0. The van der Waals surface area contributed by atoms with Gasteiger partial charge in [0, 0.05) is 43.1 Å². The number of anilines is 6. The van der Waals surface area contributed by atoms with Gasteiger partial charge in [-0.15, -0.1) is 0 Å². The lowest BCUT2D eigenvalue weighted by molar-refractivity contribution is 1.28. The molecule has 50 heavy (non-hydrogen) atoms. The van der Waals surface area contributed by atoms with Crippen LogP contribution in [0.5, 0.6) is 0 Å². The van der Waals surface area contributed by atoms with E-state index in [0.29, 0.717) is 0 Å². The van der Waals surface area contributed by atoms with Gasteiger partial charge in [-0.25, -0.2) is 0 Å². The zero-order valence-corrected chi connectivity index (χ0v) is 30.5. The second-order valence-electron chi connectivity index (χ2n) is 11.8. The molecule has 0 atom stereocenters. The van der Waals surface area contributed by atoms with Crippen molar-refractivity contribution in [2.45, 2.75) is 0 Å². The second-order valence-corrected chi connectivity index (χ2v) is 13.5. The summed E-state index contributed by atoms with van der Waals surface area (Å²) in [4.78, 5) is 4.54. The van der Waals surface area contributed by atoms with Crippen molar-refractivity contribution in [3.8, 4) is 0 Å². The molecular formula is C46H34Br2N2. The molecule has 0 aliphatic carbocycles. The summed E-state index contributed by atoms with van der Waals surface area (Å²) in [5.41, 5.74) is 11.2. The lowest BCUT2D eigenvalue weighted by atomic mass is 10.1. The van der Waals surface area contributed by atoms with Gasteiger partial charge in [0.25, 0.3) is 0 Å². The minimum atomic E-state index is 1.03. The molecule has 7 rings (SSSR count). The largest absolute Gasteiger partial charge is 0.311 e. The van der Waals surface area contributed by atoms with Gasteiger partial charge in [0.15, 0.2) is 0 Å². The van der Waals surface area contributed by atoms with Gasteiger partial charge in [0.1, 0.15) is 0 Å². The molecule has 4 heteroatoms. The average Bonchev–Trinajstić information content (AvgIpc) is 3.17. The van der Waals surface area contributed by atoms with Gasteiger partial charge in [-0.05, 0) is 107 Å². The molecule has 242 valence electrons. The summed E-state index contributed by atoms with van der Waals surface area (Å²) in [6.07, 6.45) is 8.59. The minimum absolute atomic E-state index is 1.03. The molecule has 7 aromatic carbocycles. The van der Waals surface area contributed by atoms with E-state index in [4.69, 9.17) is 0 Å². The van der Waals surface area contributed by atoms with E-state index >= 15 is 0 Å². The van der Waals surface area contributed by atoms with Crippen LogP contribution >= 0.6 is 31.9 Å². The number of hydrogen-bond donors (Lipinski definition) is 0. The van der Waals surface area contributed by atoms with Crippen LogP contribution < -0.4 is 9.80 Å². The molecule has 0 saturated heterocycles. The lowest BCUT2D eigenvalue weighted by Crippen LogP contribution is -2.09. The highest BCUT2D eigenvalue weighted by Crippen LogP contribution is 2.36. The highest BCUT2D eigenvalue weighted by molar-refractivity contribution is 9.11. The number of para-hydroxylation sites is 4. The van der Waals surface area contributed by atoms with Crippen LogP contribution in [0.4, 0.5) is 34.1 Å². The van der Waals surface area contributed by atoms with E-state index in [-0.39, 0.29) is 0 Å². The van der Waals surface area contributed by atoms with E-state index in [1.54, 1.807) is 0 Å². The average molecular weight is 775 g/mol. The molecule has 0 radical (unpaired) electrons. The predicted molar refractivity (Wildman–Crippen MR) is 222 cm³/mol. The Labute approximate surface area is 311 Å². The SMILES string of the molecule is Brc1cc(/C=C/c2ccc(N(c3ccccc3)c3ccccc3)cc2)c(Br)cc1C=Cc1ccc(N(c2ccccc2)c2ccccc2)cc1. The fourth-order valence-electron chi connectivity index (χ4n) is 5.88. The molecule has 0 heterocycles. The molecule has 7 aromatic rings. The van der Waals surface area contributed by atoms with Crippen molar-refractivity contribution in [2.75, 3.05) is 9.80 Å². The van der Waals surface area contributed by atoms with Gasteiger partial charge in [-0.2, -0.15) is 0 Å². The van der Waals surface area contributed by atoms with Gasteiger partial charge in [0.2, 0.25) is 0 Å². The first-order valence-corrected chi connectivity index (χ1v) is 18.1. The first-order valence-electron chi connectivity index (χ1n) is 16.5. The molecule has 0 fully saturated rings. The molecule has 0 spiro atoms. The van der Waals surface area contributed by atoms with Crippen molar-refractivity contribution in [1.82, 2.24) is 0 Å². The first kappa shape index (κ1) is 33.1. The van der Waals surface area contributed by atoms with Gasteiger partial charge >= 0.3 is 0 Å². The zero-order valence-electron chi connectivity index (χ0n) is 27.3. The van der Waals surface area contributed by atoms with Crippen LogP contribution in [0.25, 0.3) is 24.3 Å². The highest BCUT2D eigenvalue weighted by Gasteiger charge is 2.13. The second kappa shape index (κ2) is 15.9. The van der Waals surface area contributed by atoms with E-state index in [1.165, 1.54) is 0 Å². The fourth-order valence-corrected chi connectivity index (χ4v) is 6.86. The third kappa shape index (κ3) is 7.89. The van der Waals surface area contributed by atoms with Crippen LogP contribution in [0.2, 0.25) is 0 Å². The number of hydrogen-bond acceptors (Lipinski definition) is 2. The van der Waals surface area contributed by atoms with Gasteiger partial charge < -0.3 is 9.80 Å². The molecule has 0 aliphatic heterocycles. The maximum Gasteiger partial charge on any atom is 0.0462 e. The standard InChI is InChI=1S/C46H34Br2N2/c47-45-34-38(28-22-36-25-31-44(32-26-36)50(41-17-9-3-10-18-41)42-19-11-4-12-20-42)46(48)33-37(45)27-21-35-23-29-43(30-24-35)49(39-13-5-1-6-14-39)40-15-7-2-8-16-40/h1-34H/b27-21+,28-22?. The lowest BCUT2D eigenvalue weighted by Gasteiger charge is -2.25. The quantitative estimate of drug-likeness (QED) is 0.128. The maximum absolute atomic E-state index is 3.82. The van der Waals surface area contributed by atoms with Crippen LogP contribution in [-0.2, 0) is 0 Å². The van der Waals surface area contributed by atoms with Crippen molar-refractivity contribution in [1.29, 1.82) is 0 Å². The number of halogens is 2. The summed E-state index contributed by atoms with van der Waals surface area (Å²) in [7, 11) is 0. The van der Waals surface area contributed by atoms with E-state index < -0.39 is 0 Å². The monoisotopic (exact) mass is 772 g/mol. The van der Waals surface area contributed by atoms with E-state index in [0.717, 1.165) is 65.3 Å². The van der Waals surface area contributed by atoms with Gasteiger partial charge in [-0.3, -0.25) is 0 Å². The minimum Gasteiger partial charge on any atom is -0.311 e. The molecule has 0 aromatic heterocycles. The Morgan fingerprint density at radius 1 is 0.300 bits per heavy atom. The summed E-state index contributed by atoms with van der Waals surface area (Å²) in [5, 5.41) is 0. The van der Waals surface area contributed by atoms with Crippen LogP contribution in [0.3, 0.4) is 0 Å². The topological polar surface area (TPSA) is 6.48 Å². The Kier molecular flexibility index (Phi) is 10.5. The molecule has 0 unspecified atom stereocenters. The van der Waals surface area contributed by atoms with Crippen LogP contribution in [0.1, 0.15) is 22.3 Å². The highest BCUT2D eigenvalue weighted by atomic mass is 79.9. The molecule has 2 nitrogen and oxygen atoms in total. The Hall–Kier alpha value is -5.42. The third-order valence-electron chi connectivity index (χ3n) is 8.39. The number of rotatable bonds is 10. The van der Waals surface area contributed by atoms with E-state index in [2.05, 4.69) is 224 Å². The number of benzene rings is 7. The van der Waals surface area contributed by atoms with Gasteiger partial charge in [0.05, 0.1) is 0 Å². The fraction of sp³-hybridized carbons (Fsp3) is 0. The summed E-state index contributed by atoms with van der Waals surface area (Å²) in [6, 6.07) is 63.5. The first-order chi connectivity index (χ1) is 24.6. The van der Waals surface area contributed by atoms with E-state index in [1.807, 2.05) is 24.3 Å². The summed E-state index contributed by atoms with van der Waals surface area (Å²) >= 11 is 7.63. The third-order valence-corrected chi connectivity index (χ3v) is 9.76. The Morgan fingerprint density at radius 2 is 0.560 bits per heavy atom. The molecule has 0 bridgehead atoms. The van der Waals surface area contributed by atoms with E-state index in [9.17, 15) is 0 Å².